The monoisotopic (exact) mass is 188 g/mol. The Kier molecular flexibility index (Phi) is 2.96. The molecule has 6 nitrogen and oxygen atoms in total. The maximum atomic E-state index is 11.3. The zero-order valence-electron chi connectivity index (χ0n) is 5.37. The molecule has 0 saturated heterocycles. The van der Waals surface area contributed by atoms with Crippen molar-refractivity contribution in [1.29, 1.82) is 0 Å². The van der Waals surface area contributed by atoms with Crippen molar-refractivity contribution < 1.29 is 27.6 Å². The molecule has 0 fully saturated rings. The van der Waals surface area contributed by atoms with Gasteiger partial charge in [0.25, 0.3) is 0 Å². The molecular weight excluding hydrogens is 185 g/mol. The van der Waals surface area contributed by atoms with Crippen LogP contribution in [0.5, 0.6) is 0 Å². The Hall–Kier alpha value is -1.38. The van der Waals surface area contributed by atoms with Gasteiger partial charge in [0.15, 0.2) is 0 Å². The number of ether oxygens (including phenoxy) is 1. The van der Waals surface area contributed by atoms with E-state index in [4.69, 9.17) is 0 Å². The number of nitrogens with zero attached hydrogens (tertiary/aromatic N) is 1. The predicted molar refractivity (Wildman–Crippen MR) is 27.1 cm³/mol. The van der Waals surface area contributed by atoms with Crippen LogP contribution in [0.1, 0.15) is 0 Å². The minimum atomic E-state index is -5.26. The van der Waals surface area contributed by atoms with Crippen LogP contribution in [0.15, 0.2) is 0 Å². The summed E-state index contributed by atoms with van der Waals surface area (Å²) >= 11 is 0. The van der Waals surface area contributed by atoms with Crippen LogP contribution in [-0.2, 0) is 9.53 Å². The maximum Gasteiger partial charge on any atom is 0.528 e. The van der Waals surface area contributed by atoms with Gasteiger partial charge in [-0.1, -0.05) is 0 Å². The molecule has 0 rings (SSSR count). The zero-order valence-corrected chi connectivity index (χ0v) is 5.37. The van der Waals surface area contributed by atoms with E-state index in [1.165, 1.54) is 0 Å². The second-order valence-electron chi connectivity index (χ2n) is 1.60. The van der Waals surface area contributed by atoms with Gasteiger partial charge in [0.2, 0.25) is 0 Å². The Morgan fingerprint density at radius 2 is 2.00 bits per heavy atom. The van der Waals surface area contributed by atoms with Gasteiger partial charge >= 0.3 is 18.5 Å². The van der Waals surface area contributed by atoms with E-state index in [1.54, 1.807) is 0 Å². The molecule has 0 aliphatic rings. The molecule has 0 bridgehead atoms. The summed E-state index contributed by atoms with van der Waals surface area (Å²) in [5, 5.41) is 9.70. The first-order valence-corrected chi connectivity index (χ1v) is 2.41. The fourth-order valence-corrected chi connectivity index (χ4v) is 0.332. The fourth-order valence-electron chi connectivity index (χ4n) is 0.332. The van der Waals surface area contributed by atoms with Gasteiger partial charge < -0.3 is 5.73 Å². The van der Waals surface area contributed by atoms with Crippen LogP contribution in [0.3, 0.4) is 0 Å². The standard InChI is InChI=1S/C3H3F3N2O4/c4-3(5,6)12-2(1(7)9)8(10)11/h2H,(H2,7,9). The lowest BCUT2D eigenvalue weighted by molar-refractivity contribution is -0.589. The lowest BCUT2D eigenvalue weighted by Gasteiger charge is -2.08. The summed E-state index contributed by atoms with van der Waals surface area (Å²) in [7, 11) is 0. The van der Waals surface area contributed by atoms with E-state index in [2.05, 4.69) is 10.5 Å². The first-order chi connectivity index (χ1) is 5.24. The van der Waals surface area contributed by atoms with Gasteiger partial charge in [-0.2, -0.15) is 0 Å². The van der Waals surface area contributed by atoms with Crippen LogP contribution in [0.25, 0.3) is 0 Å². The highest BCUT2D eigenvalue weighted by atomic mass is 19.4. The highest BCUT2D eigenvalue weighted by Crippen LogP contribution is 2.18. The van der Waals surface area contributed by atoms with Gasteiger partial charge in [-0.05, 0) is 0 Å². The van der Waals surface area contributed by atoms with E-state index in [9.17, 15) is 28.1 Å². The first-order valence-electron chi connectivity index (χ1n) is 2.41. The van der Waals surface area contributed by atoms with Crippen molar-refractivity contribution in [2.24, 2.45) is 5.73 Å². The number of nitro groups is 1. The smallest absolute Gasteiger partial charge is 0.361 e. The van der Waals surface area contributed by atoms with E-state index in [-0.39, 0.29) is 0 Å². The molecule has 0 aromatic carbocycles. The van der Waals surface area contributed by atoms with E-state index in [1.807, 2.05) is 0 Å². The zero-order chi connectivity index (χ0) is 9.94. The van der Waals surface area contributed by atoms with Gasteiger partial charge in [0, 0.05) is 0 Å². The normalized spacial score (nSPS) is 13.9. The predicted octanol–water partition coefficient (Wildman–Crippen LogP) is -0.389. The number of halogens is 3. The number of nitrogens with two attached hydrogens (primary N) is 1. The van der Waals surface area contributed by atoms with Gasteiger partial charge in [-0.15, -0.1) is 13.2 Å². The lowest BCUT2D eigenvalue weighted by atomic mass is 10.6. The minimum Gasteiger partial charge on any atom is -0.361 e. The van der Waals surface area contributed by atoms with Gasteiger partial charge in [-0.25, -0.2) is 4.74 Å². The molecule has 12 heavy (non-hydrogen) atoms. The van der Waals surface area contributed by atoms with E-state index < -0.39 is 23.4 Å². The third kappa shape index (κ3) is 3.71. The van der Waals surface area contributed by atoms with Crippen molar-refractivity contribution in [3.05, 3.63) is 10.1 Å². The second-order valence-corrected chi connectivity index (χ2v) is 1.60. The molecule has 0 aromatic heterocycles. The van der Waals surface area contributed by atoms with E-state index in [0.717, 1.165) is 0 Å². The summed E-state index contributed by atoms with van der Waals surface area (Å²) < 4.78 is 36.7. The number of rotatable bonds is 3. The van der Waals surface area contributed by atoms with Crippen LogP contribution in [0.2, 0.25) is 0 Å². The number of alkyl halides is 3. The summed E-state index contributed by atoms with van der Waals surface area (Å²) in [6.45, 7) is 0. The Bertz CT molecular complexity index is 188. The molecule has 1 atom stereocenters. The largest absolute Gasteiger partial charge is 0.528 e. The van der Waals surface area contributed by atoms with Gasteiger partial charge in [-0.3, -0.25) is 14.9 Å². The minimum absolute atomic E-state index is 1.57. The van der Waals surface area contributed by atoms with Crippen molar-refractivity contribution >= 4 is 5.91 Å². The third-order valence-corrected chi connectivity index (χ3v) is 0.680. The number of hydrogen-bond acceptors (Lipinski definition) is 4. The van der Waals surface area contributed by atoms with Crippen LogP contribution >= 0.6 is 0 Å². The van der Waals surface area contributed by atoms with E-state index >= 15 is 0 Å². The molecule has 9 heteroatoms. The SMILES string of the molecule is NC(=O)C(OC(F)(F)F)[N+](=O)[O-]. The Balaban J connectivity index is 4.35. The fraction of sp³-hybridized carbons (Fsp3) is 0.667. The van der Waals surface area contributed by atoms with Crippen molar-refractivity contribution in [1.82, 2.24) is 0 Å². The van der Waals surface area contributed by atoms with Crippen LogP contribution in [-0.4, -0.2) is 23.4 Å². The molecule has 0 radical (unpaired) electrons. The van der Waals surface area contributed by atoms with Crippen LogP contribution in [0, 0.1) is 10.1 Å². The molecule has 0 spiro atoms. The third-order valence-electron chi connectivity index (χ3n) is 0.680. The Morgan fingerprint density at radius 3 is 2.08 bits per heavy atom. The molecule has 0 aliphatic heterocycles. The summed E-state index contributed by atoms with van der Waals surface area (Å²) in [5.74, 6) is -1.81. The van der Waals surface area contributed by atoms with Gasteiger partial charge in [0.1, 0.15) is 0 Å². The number of primary amides is 1. The van der Waals surface area contributed by atoms with Crippen molar-refractivity contribution in [3.8, 4) is 0 Å². The number of amides is 1. The molecule has 0 heterocycles. The lowest BCUT2D eigenvalue weighted by Crippen LogP contribution is -2.41. The highest BCUT2D eigenvalue weighted by Gasteiger charge is 2.42. The van der Waals surface area contributed by atoms with Crippen molar-refractivity contribution in [3.63, 3.8) is 0 Å². The summed E-state index contributed by atoms with van der Waals surface area (Å²) in [6, 6.07) is 0. The van der Waals surface area contributed by atoms with Crippen molar-refractivity contribution in [2.45, 2.75) is 12.6 Å². The molecule has 70 valence electrons. The molecule has 0 aromatic rings. The Morgan fingerprint density at radius 1 is 1.58 bits per heavy atom. The molecule has 1 amide bonds. The number of carbonyl (C=O) groups excluding carboxylic acids is 1. The van der Waals surface area contributed by atoms with Crippen LogP contribution in [0.4, 0.5) is 13.2 Å². The summed E-state index contributed by atoms with van der Waals surface area (Å²) in [5.41, 5.74) is 4.24. The average molecular weight is 188 g/mol. The molecular formula is C3H3F3N2O4. The van der Waals surface area contributed by atoms with Crippen LogP contribution < -0.4 is 5.73 Å². The average Bonchev–Trinajstić information content (AvgIpc) is 1.79. The Labute approximate surface area is 63.2 Å². The van der Waals surface area contributed by atoms with Crippen molar-refractivity contribution in [2.75, 3.05) is 0 Å². The first kappa shape index (κ1) is 10.6. The maximum absolute atomic E-state index is 11.3. The quantitative estimate of drug-likeness (QED) is 0.370. The molecule has 1 unspecified atom stereocenters. The molecule has 0 aliphatic carbocycles. The molecule has 2 N–H and O–H groups in total. The number of carbonyl (C=O) groups is 1. The molecule has 0 saturated carbocycles. The van der Waals surface area contributed by atoms with Gasteiger partial charge in [0.05, 0.1) is 4.92 Å². The number of hydrogen-bond donors (Lipinski definition) is 1. The highest BCUT2D eigenvalue weighted by molar-refractivity contribution is 5.77. The summed E-state index contributed by atoms with van der Waals surface area (Å²) in [6.07, 6.45) is -8.14. The summed E-state index contributed by atoms with van der Waals surface area (Å²) in [4.78, 5) is 18.1. The van der Waals surface area contributed by atoms with E-state index in [0.29, 0.717) is 0 Å². The topological polar surface area (TPSA) is 95.5 Å². The second kappa shape index (κ2) is 3.34.